The summed E-state index contributed by atoms with van der Waals surface area (Å²) in [5.74, 6) is -1.35. The van der Waals surface area contributed by atoms with Crippen molar-refractivity contribution < 1.29 is 33.7 Å². The zero-order valence-electron chi connectivity index (χ0n) is 19.2. The number of nitrogens with zero attached hydrogens (tertiary/aromatic N) is 1. The highest BCUT2D eigenvalue weighted by Crippen LogP contribution is 2.44. The fourth-order valence-corrected chi connectivity index (χ4v) is 5.07. The molecule has 0 saturated carbocycles. The highest BCUT2D eigenvalue weighted by Gasteiger charge is 2.41. The highest BCUT2D eigenvalue weighted by molar-refractivity contribution is 5.82. The molecule has 0 spiro atoms. The molecule has 9 nitrogen and oxygen atoms in total. The predicted molar refractivity (Wildman–Crippen MR) is 125 cm³/mol. The molecule has 2 saturated heterocycles. The number of fused-ring (bicyclic) bond motifs is 3. The van der Waals surface area contributed by atoms with Crippen molar-refractivity contribution in [1.82, 2.24) is 10.2 Å². The van der Waals surface area contributed by atoms with Crippen molar-refractivity contribution >= 4 is 18.0 Å². The van der Waals surface area contributed by atoms with E-state index in [1.165, 1.54) is 11.1 Å². The van der Waals surface area contributed by atoms with Crippen LogP contribution >= 0.6 is 0 Å². The van der Waals surface area contributed by atoms with Gasteiger partial charge in [-0.2, -0.15) is 0 Å². The van der Waals surface area contributed by atoms with Gasteiger partial charge in [0.25, 0.3) is 5.91 Å². The molecule has 5 rings (SSSR count). The molecule has 2 amide bonds. The van der Waals surface area contributed by atoms with Gasteiger partial charge in [-0.25, -0.2) is 9.59 Å². The summed E-state index contributed by atoms with van der Waals surface area (Å²) in [7, 11) is 0. The van der Waals surface area contributed by atoms with Crippen molar-refractivity contribution in [3.8, 4) is 11.1 Å². The number of carboxylic acids is 1. The fraction of sp³-hybridized carbons (Fsp3) is 0.423. The maximum atomic E-state index is 12.8. The van der Waals surface area contributed by atoms with Crippen LogP contribution in [0.15, 0.2) is 48.5 Å². The molecule has 3 aliphatic rings. The van der Waals surface area contributed by atoms with E-state index < -0.39 is 18.2 Å². The number of hydrogen-bond acceptors (Lipinski definition) is 6. The van der Waals surface area contributed by atoms with Gasteiger partial charge in [0.15, 0.2) is 0 Å². The third-order valence-corrected chi connectivity index (χ3v) is 6.91. The van der Waals surface area contributed by atoms with E-state index >= 15 is 0 Å². The van der Waals surface area contributed by atoms with Crippen LogP contribution in [0.5, 0.6) is 0 Å². The summed E-state index contributed by atoms with van der Waals surface area (Å²) in [5.41, 5.74) is 4.64. The first-order valence-corrected chi connectivity index (χ1v) is 11.8. The second-order valence-corrected chi connectivity index (χ2v) is 9.12. The number of carboxylic acid groups (broad SMARTS) is 1. The Bertz CT molecular complexity index is 1070. The summed E-state index contributed by atoms with van der Waals surface area (Å²) in [6, 6.07) is 16.3. The minimum absolute atomic E-state index is 0.0139. The topological polar surface area (TPSA) is 114 Å². The first kappa shape index (κ1) is 23.3. The molecule has 2 aromatic rings. The fourth-order valence-electron chi connectivity index (χ4n) is 5.07. The molecule has 2 atom stereocenters. The Balaban J connectivity index is 1.10. The van der Waals surface area contributed by atoms with Crippen LogP contribution in [-0.2, 0) is 23.8 Å². The Kier molecular flexibility index (Phi) is 6.70. The van der Waals surface area contributed by atoms with E-state index in [0.717, 1.165) is 11.1 Å². The smallest absolute Gasteiger partial charge is 0.407 e. The number of carbonyl (C=O) groups excluding carboxylic acids is 2. The first-order chi connectivity index (χ1) is 17.0. The lowest BCUT2D eigenvalue weighted by atomic mass is 9.98. The molecule has 2 fully saturated rings. The largest absolute Gasteiger partial charge is 0.480 e. The summed E-state index contributed by atoms with van der Waals surface area (Å²) in [5, 5.41) is 11.5. The molecule has 9 heteroatoms. The number of aliphatic carboxylic acids is 1. The molecule has 184 valence electrons. The number of amides is 2. The summed E-state index contributed by atoms with van der Waals surface area (Å²) < 4.78 is 16.4. The average Bonchev–Trinajstić information content (AvgIpc) is 3.43. The minimum atomic E-state index is -1.03. The lowest BCUT2D eigenvalue weighted by Gasteiger charge is -2.40. The Morgan fingerprint density at radius 2 is 1.69 bits per heavy atom. The monoisotopic (exact) mass is 480 g/mol. The normalized spacial score (nSPS) is 21.2. The van der Waals surface area contributed by atoms with Gasteiger partial charge in [-0.1, -0.05) is 48.5 Å². The van der Waals surface area contributed by atoms with Crippen LogP contribution in [0.25, 0.3) is 11.1 Å². The average molecular weight is 481 g/mol. The van der Waals surface area contributed by atoms with Gasteiger partial charge in [0, 0.05) is 38.1 Å². The van der Waals surface area contributed by atoms with E-state index in [0.29, 0.717) is 26.1 Å². The number of nitrogens with one attached hydrogen (secondary N) is 1. The first-order valence-electron chi connectivity index (χ1n) is 11.8. The summed E-state index contributed by atoms with van der Waals surface area (Å²) in [4.78, 5) is 37.5. The maximum absolute atomic E-state index is 12.8. The zero-order valence-corrected chi connectivity index (χ0v) is 19.2. The number of hydrogen-bond donors (Lipinski definition) is 2. The van der Waals surface area contributed by atoms with Crippen LogP contribution in [0.4, 0.5) is 4.79 Å². The number of alkyl carbamates (subject to hydrolysis) is 1. The third kappa shape index (κ3) is 4.87. The molecule has 0 unspecified atom stereocenters. The SMILES string of the molecule is O=C(O)COC1CN(C(=O)[C@H]2OCC[C@H]2CNC(=O)OCC2c3ccccc3-c3ccccc32)C1. The third-order valence-electron chi connectivity index (χ3n) is 6.91. The van der Waals surface area contributed by atoms with Crippen LogP contribution in [0, 0.1) is 5.92 Å². The molecule has 2 aliphatic heterocycles. The van der Waals surface area contributed by atoms with Gasteiger partial charge in [0.05, 0.1) is 6.10 Å². The number of carbonyl (C=O) groups is 3. The maximum Gasteiger partial charge on any atom is 0.407 e. The Morgan fingerprint density at radius 3 is 2.34 bits per heavy atom. The highest BCUT2D eigenvalue weighted by atomic mass is 16.5. The van der Waals surface area contributed by atoms with Crippen LogP contribution in [-0.4, -0.2) is 79.6 Å². The quantitative estimate of drug-likeness (QED) is 0.596. The van der Waals surface area contributed by atoms with Crippen molar-refractivity contribution in [2.45, 2.75) is 24.5 Å². The van der Waals surface area contributed by atoms with Gasteiger partial charge in [-0.05, 0) is 28.7 Å². The predicted octanol–water partition coefficient (Wildman–Crippen LogP) is 2.24. The van der Waals surface area contributed by atoms with Crippen LogP contribution in [0.2, 0.25) is 0 Å². The van der Waals surface area contributed by atoms with Gasteiger partial charge in [-0.15, -0.1) is 0 Å². The Labute approximate surface area is 203 Å². The van der Waals surface area contributed by atoms with E-state index in [4.69, 9.17) is 19.3 Å². The number of rotatable bonds is 8. The standard InChI is InChI=1S/C26H28N2O7/c29-23(30)15-34-17-12-28(13-17)25(31)24-16(9-10-33-24)11-27-26(32)35-14-22-20-7-3-1-5-18(20)19-6-2-4-8-21(19)22/h1-8,16-17,22,24H,9-15H2,(H,27,32)(H,29,30)/t16-,24-/m0/s1. The van der Waals surface area contributed by atoms with Crippen LogP contribution < -0.4 is 5.32 Å². The molecule has 2 N–H and O–H groups in total. The molecule has 1 aliphatic carbocycles. The summed E-state index contributed by atoms with van der Waals surface area (Å²) in [6.45, 7) is 1.27. The van der Waals surface area contributed by atoms with E-state index in [1.54, 1.807) is 4.90 Å². The lowest BCUT2D eigenvalue weighted by Crippen LogP contribution is -2.58. The van der Waals surface area contributed by atoms with Crippen molar-refractivity contribution in [3.63, 3.8) is 0 Å². The summed E-state index contributed by atoms with van der Waals surface area (Å²) in [6.07, 6.45) is -0.762. The van der Waals surface area contributed by atoms with Gasteiger partial charge >= 0.3 is 12.1 Å². The Morgan fingerprint density at radius 1 is 1.03 bits per heavy atom. The van der Waals surface area contributed by atoms with Crippen molar-refractivity contribution in [2.24, 2.45) is 5.92 Å². The van der Waals surface area contributed by atoms with Crippen LogP contribution in [0.3, 0.4) is 0 Å². The van der Waals surface area contributed by atoms with E-state index in [-0.39, 0.29) is 43.6 Å². The van der Waals surface area contributed by atoms with E-state index in [2.05, 4.69) is 29.6 Å². The summed E-state index contributed by atoms with van der Waals surface area (Å²) >= 11 is 0. The number of likely N-dealkylation sites (tertiary alicyclic amines) is 1. The van der Waals surface area contributed by atoms with Crippen LogP contribution in [0.1, 0.15) is 23.5 Å². The van der Waals surface area contributed by atoms with Gasteiger partial charge in [-0.3, -0.25) is 4.79 Å². The number of ether oxygens (including phenoxy) is 3. The van der Waals surface area contributed by atoms with E-state index in [9.17, 15) is 14.4 Å². The van der Waals surface area contributed by atoms with Crippen molar-refractivity contribution in [1.29, 1.82) is 0 Å². The molecule has 0 bridgehead atoms. The van der Waals surface area contributed by atoms with Crippen molar-refractivity contribution in [3.05, 3.63) is 59.7 Å². The second-order valence-electron chi connectivity index (χ2n) is 9.12. The molecule has 35 heavy (non-hydrogen) atoms. The lowest BCUT2D eigenvalue weighted by molar-refractivity contribution is -0.160. The Hall–Kier alpha value is -3.43. The van der Waals surface area contributed by atoms with E-state index in [1.807, 2.05) is 24.3 Å². The van der Waals surface area contributed by atoms with Crippen molar-refractivity contribution in [2.75, 3.05) is 39.5 Å². The molecule has 0 radical (unpaired) electrons. The molecule has 2 heterocycles. The number of benzene rings is 2. The zero-order chi connectivity index (χ0) is 24.4. The molecule has 2 aromatic carbocycles. The van der Waals surface area contributed by atoms with Gasteiger partial charge in [0.1, 0.15) is 19.3 Å². The van der Waals surface area contributed by atoms with Gasteiger partial charge in [0.2, 0.25) is 0 Å². The minimum Gasteiger partial charge on any atom is -0.480 e. The molecular formula is C26H28N2O7. The molecular weight excluding hydrogens is 452 g/mol. The second kappa shape index (κ2) is 10.1. The molecule has 0 aromatic heterocycles. The van der Waals surface area contributed by atoms with Gasteiger partial charge < -0.3 is 29.5 Å².